The summed E-state index contributed by atoms with van der Waals surface area (Å²) in [6.07, 6.45) is 3.00. The first kappa shape index (κ1) is 14.9. The second-order valence-electron chi connectivity index (χ2n) is 3.73. The third kappa shape index (κ3) is 4.54. The summed E-state index contributed by atoms with van der Waals surface area (Å²) in [5.41, 5.74) is 1.36. The lowest BCUT2D eigenvalue weighted by Gasteiger charge is -2.06. The zero-order valence-corrected chi connectivity index (χ0v) is 11.3. The molecule has 0 N–H and O–H groups in total. The summed E-state index contributed by atoms with van der Waals surface area (Å²) in [5, 5.41) is 0. The van der Waals surface area contributed by atoms with Crippen LogP contribution in [-0.4, -0.2) is 30.1 Å². The number of rotatable bonds is 5. The Balaban J connectivity index is 3.04. The largest absolute Gasteiger partial charge is 0.462 e. The molecule has 0 bridgehead atoms. The number of ether oxygens (including phenoxy) is 2. The molecule has 5 heteroatoms. The lowest BCUT2D eigenvalue weighted by atomic mass is 10.1. The Hall–Kier alpha value is -2.17. The van der Waals surface area contributed by atoms with E-state index in [0.717, 1.165) is 5.69 Å². The lowest BCUT2D eigenvalue weighted by molar-refractivity contribution is -0.146. The predicted molar refractivity (Wildman–Crippen MR) is 70.2 cm³/mol. The summed E-state index contributed by atoms with van der Waals surface area (Å²) in [7, 11) is 0. The van der Waals surface area contributed by atoms with Gasteiger partial charge in [-0.3, -0.25) is 4.98 Å². The van der Waals surface area contributed by atoms with Crippen molar-refractivity contribution in [2.45, 2.75) is 20.8 Å². The quantitative estimate of drug-likeness (QED) is 0.351. The number of nitrogens with zero attached hydrogens (tertiary/aromatic N) is 1. The molecular weight excluding hydrogens is 246 g/mol. The highest BCUT2D eigenvalue weighted by molar-refractivity contribution is 6.17. The van der Waals surface area contributed by atoms with Gasteiger partial charge < -0.3 is 9.47 Å². The summed E-state index contributed by atoms with van der Waals surface area (Å²) in [6.45, 7) is 5.59. The predicted octanol–water partition coefficient (Wildman–Crippen LogP) is 1.90. The molecule has 0 amide bonds. The Kier molecular flexibility index (Phi) is 5.73. The molecule has 0 aromatic carbocycles. The second kappa shape index (κ2) is 7.31. The number of esters is 2. The number of carbonyl (C=O) groups excluding carboxylic acids is 2. The molecule has 102 valence electrons. The minimum absolute atomic E-state index is 0.130. The van der Waals surface area contributed by atoms with Gasteiger partial charge in [0.2, 0.25) is 0 Å². The van der Waals surface area contributed by atoms with Gasteiger partial charge in [0.15, 0.2) is 0 Å². The zero-order valence-electron chi connectivity index (χ0n) is 11.3. The maximum atomic E-state index is 11.7. The van der Waals surface area contributed by atoms with E-state index >= 15 is 0 Å². The Morgan fingerprint density at radius 2 is 1.74 bits per heavy atom. The molecule has 19 heavy (non-hydrogen) atoms. The molecule has 0 fully saturated rings. The highest BCUT2D eigenvalue weighted by atomic mass is 16.6. The van der Waals surface area contributed by atoms with Gasteiger partial charge in [-0.1, -0.05) is 6.07 Å². The molecule has 0 aliphatic rings. The molecule has 0 atom stereocenters. The maximum Gasteiger partial charge on any atom is 0.345 e. The van der Waals surface area contributed by atoms with Crippen molar-refractivity contribution in [1.82, 2.24) is 4.98 Å². The van der Waals surface area contributed by atoms with Crippen LogP contribution in [0.2, 0.25) is 0 Å². The molecule has 0 radical (unpaired) electrons. The smallest absolute Gasteiger partial charge is 0.345 e. The molecule has 5 nitrogen and oxygen atoms in total. The van der Waals surface area contributed by atoms with Gasteiger partial charge in [0.1, 0.15) is 5.57 Å². The fraction of sp³-hybridized carbons (Fsp3) is 0.357. The average Bonchev–Trinajstić information content (AvgIpc) is 2.38. The molecule has 1 rings (SSSR count). The van der Waals surface area contributed by atoms with E-state index in [9.17, 15) is 9.59 Å². The van der Waals surface area contributed by atoms with Crippen LogP contribution in [0.5, 0.6) is 0 Å². The van der Waals surface area contributed by atoms with Gasteiger partial charge in [0.05, 0.1) is 13.2 Å². The number of carbonyl (C=O) groups is 2. The van der Waals surface area contributed by atoms with Crippen LogP contribution < -0.4 is 0 Å². The van der Waals surface area contributed by atoms with Crippen LogP contribution in [0, 0.1) is 6.92 Å². The highest BCUT2D eigenvalue weighted by Gasteiger charge is 2.20. The monoisotopic (exact) mass is 263 g/mol. The third-order valence-corrected chi connectivity index (χ3v) is 2.24. The standard InChI is InChI=1S/C14H17NO4/c1-4-18-13(16)12(14(17)19-5-2)8-11-7-6-10(3)15-9-11/h6-9H,4-5H2,1-3H3. The van der Waals surface area contributed by atoms with E-state index in [1.807, 2.05) is 6.92 Å². The van der Waals surface area contributed by atoms with Crippen molar-refractivity contribution in [3.63, 3.8) is 0 Å². The van der Waals surface area contributed by atoms with Gasteiger partial charge in [-0.25, -0.2) is 9.59 Å². The first-order valence-electron chi connectivity index (χ1n) is 6.07. The first-order valence-corrected chi connectivity index (χ1v) is 6.07. The van der Waals surface area contributed by atoms with E-state index in [2.05, 4.69) is 4.98 Å². The highest BCUT2D eigenvalue weighted by Crippen LogP contribution is 2.10. The molecule has 1 aromatic rings. The lowest BCUT2D eigenvalue weighted by Crippen LogP contribution is -2.18. The Bertz CT molecular complexity index is 457. The van der Waals surface area contributed by atoms with Crippen molar-refractivity contribution in [3.8, 4) is 0 Å². The molecule has 0 aliphatic heterocycles. The minimum atomic E-state index is -0.693. The van der Waals surface area contributed by atoms with Crippen LogP contribution in [0.3, 0.4) is 0 Å². The zero-order chi connectivity index (χ0) is 14.3. The van der Waals surface area contributed by atoms with E-state index in [0.29, 0.717) is 5.56 Å². The summed E-state index contributed by atoms with van der Waals surface area (Å²) in [4.78, 5) is 27.5. The average molecular weight is 263 g/mol. The SMILES string of the molecule is CCOC(=O)C(=Cc1ccc(C)nc1)C(=O)OCC. The van der Waals surface area contributed by atoms with E-state index in [-0.39, 0.29) is 18.8 Å². The molecule has 0 saturated heterocycles. The van der Waals surface area contributed by atoms with Crippen molar-refractivity contribution in [2.75, 3.05) is 13.2 Å². The van der Waals surface area contributed by atoms with Crippen molar-refractivity contribution >= 4 is 18.0 Å². The molecule has 0 unspecified atom stereocenters. The summed E-state index contributed by atoms with van der Waals surface area (Å²) in [5.74, 6) is -1.39. The number of aromatic nitrogens is 1. The second-order valence-corrected chi connectivity index (χ2v) is 3.73. The van der Waals surface area contributed by atoms with Gasteiger partial charge in [-0.15, -0.1) is 0 Å². The summed E-state index contributed by atoms with van der Waals surface area (Å²) in [6, 6.07) is 3.56. The van der Waals surface area contributed by atoms with Crippen LogP contribution in [0.4, 0.5) is 0 Å². The van der Waals surface area contributed by atoms with Gasteiger partial charge in [0.25, 0.3) is 0 Å². The van der Waals surface area contributed by atoms with Crippen LogP contribution in [-0.2, 0) is 19.1 Å². The third-order valence-electron chi connectivity index (χ3n) is 2.24. The van der Waals surface area contributed by atoms with Crippen molar-refractivity contribution in [3.05, 3.63) is 35.2 Å². The van der Waals surface area contributed by atoms with E-state index in [4.69, 9.17) is 9.47 Å². The van der Waals surface area contributed by atoms with Crippen molar-refractivity contribution in [2.24, 2.45) is 0 Å². The molecule has 0 saturated carbocycles. The van der Waals surface area contributed by atoms with E-state index < -0.39 is 11.9 Å². The molecule has 0 aliphatic carbocycles. The van der Waals surface area contributed by atoms with Crippen LogP contribution in [0.1, 0.15) is 25.1 Å². The maximum absolute atomic E-state index is 11.7. The van der Waals surface area contributed by atoms with Gasteiger partial charge in [-0.05, 0) is 38.5 Å². The van der Waals surface area contributed by atoms with Crippen molar-refractivity contribution in [1.29, 1.82) is 0 Å². The molecule has 0 spiro atoms. The fourth-order valence-corrected chi connectivity index (χ4v) is 1.35. The van der Waals surface area contributed by atoms with Gasteiger partial charge in [-0.2, -0.15) is 0 Å². The molecule has 1 aromatic heterocycles. The van der Waals surface area contributed by atoms with Crippen LogP contribution in [0.25, 0.3) is 6.08 Å². The van der Waals surface area contributed by atoms with E-state index in [1.165, 1.54) is 6.08 Å². The minimum Gasteiger partial charge on any atom is -0.462 e. The molecule has 1 heterocycles. The Morgan fingerprint density at radius 1 is 1.16 bits per heavy atom. The first-order chi connectivity index (χ1) is 9.08. The van der Waals surface area contributed by atoms with Crippen LogP contribution in [0.15, 0.2) is 23.9 Å². The van der Waals surface area contributed by atoms with E-state index in [1.54, 1.807) is 32.2 Å². The van der Waals surface area contributed by atoms with Crippen molar-refractivity contribution < 1.29 is 19.1 Å². The summed E-state index contributed by atoms with van der Waals surface area (Å²) >= 11 is 0. The number of pyridine rings is 1. The topological polar surface area (TPSA) is 65.5 Å². The summed E-state index contributed by atoms with van der Waals surface area (Å²) < 4.78 is 9.68. The molecular formula is C14H17NO4. The number of hydrogen-bond donors (Lipinski definition) is 0. The number of aryl methyl sites for hydroxylation is 1. The fourth-order valence-electron chi connectivity index (χ4n) is 1.35. The van der Waals surface area contributed by atoms with Gasteiger partial charge >= 0.3 is 11.9 Å². The Morgan fingerprint density at radius 3 is 2.16 bits per heavy atom. The normalized spacial score (nSPS) is 9.63. The number of hydrogen-bond acceptors (Lipinski definition) is 5. The van der Waals surface area contributed by atoms with Gasteiger partial charge in [0, 0.05) is 11.9 Å². The van der Waals surface area contributed by atoms with Crippen LogP contribution >= 0.6 is 0 Å². The Labute approximate surface area is 112 Å².